The molecule has 1 heterocycles. The quantitative estimate of drug-likeness (QED) is 0.808. The zero-order valence-corrected chi connectivity index (χ0v) is 13.5. The maximum atomic E-state index is 4.32. The molecule has 19 heavy (non-hydrogen) atoms. The summed E-state index contributed by atoms with van der Waals surface area (Å²) in [5.41, 5.74) is 1.33. The van der Waals surface area contributed by atoms with Crippen LogP contribution in [0.3, 0.4) is 0 Å². The van der Waals surface area contributed by atoms with Crippen LogP contribution >= 0.6 is 15.9 Å². The predicted octanol–water partition coefficient (Wildman–Crippen LogP) is 4.86. The summed E-state index contributed by atoms with van der Waals surface area (Å²) in [5, 5.41) is 3.70. The third-order valence-electron chi connectivity index (χ3n) is 4.06. The highest BCUT2D eigenvalue weighted by Gasteiger charge is 2.20. The molecule has 0 bridgehead atoms. The number of pyridine rings is 1. The summed E-state index contributed by atoms with van der Waals surface area (Å²) >= 11 is 3.53. The molecule has 106 valence electrons. The first-order chi connectivity index (χ1) is 9.29. The molecule has 0 spiro atoms. The van der Waals surface area contributed by atoms with Crippen molar-refractivity contribution in [3.05, 3.63) is 28.5 Å². The molecule has 0 aliphatic heterocycles. The van der Waals surface area contributed by atoms with Gasteiger partial charge in [0.05, 0.1) is 0 Å². The first-order valence-electron chi connectivity index (χ1n) is 7.63. The molecule has 2 nitrogen and oxygen atoms in total. The van der Waals surface area contributed by atoms with Gasteiger partial charge in [-0.1, -0.05) is 39.0 Å². The van der Waals surface area contributed by atoms with Crippen LogP contribution < -0.4 is 5.32 Å². The topological polar surface area (TPSA) is 24.9 Å². The van der Waals surface area contributed by atoms with Gasteiger partial charge in [0.2, 0.25) is 0 Å². The molecule has 1 fully saturated rings. The Labute approximate surface area is 125 Å². The second-order valence-electron chi connectivity index (χ2n) is 5.68. The van der Waals surface area contributed by atoms with Crippen LogP contribution in [-0.4, -0.2) is 11.5 Å². The summed E-state index contributed by atoms with van der Waals surface area (Å²) in [5.74, 6) is 0.891. The molecule has 3 heteroatoms. The van der Waals surface area contributed by atoms with E-state index in [4.69, 9.17) is 0 Å². The highest BCUT2D eigenvalue weighted by atomic mass is 79.9. The van der Waals surface area contributed by atoms with Crippen molar-refractivity contribution in [3.63, 3.8) is 0 Å². The largest absolute Gasteiger partial charge is 0.310 e. The van der Waals surface area contributed by atoms with Crippen molar-refractivity contribution in [2.24, 2.45) is 5.92 Å². The minimum atomic E-state index is 0.466. The number of aromatic nitrogens is 1. The van der Waals surface area contributed by atoms with Gasteiger partial charge in [0, 0.05) is 22.9 Å². The van der Waals surface area contributed by atoms with Crippen molar-refractivity contribution in [1.29, 1.82) is 0 Å². The Morgan fingerprint density at radius 1 is 1.32 bits per heavy atom. The van der Waals surface area contributed by atoms with Gasteiger partial charge in [0.15, 0.2) is 0 Å². The molecule has 1 aliphatic carbocycles. The Morgan fingerprint density at radius 2 is 2.11 bits per heavy atom. The molecule has 1 N–H and O–H groups in total. The molecule has 2 rings (SSSR count). The fraction of sp³-hybridized carbons (Fsp3) is 0.688. The lowest BCUT2D eigenvalue weighted by Gasteiger charge is -2.27. The van der Waals surface area contributed by atoms with Crippen LogP contribution in [0.2, 0.25) is 0 Å². The fourth-order valence-corrected chi connectivity index (χ4v) is 3.41. The number of rotatable bonds is 6. The van der Waals surface area contributed by atoms with Crippen molar-refractivity contribution in [2.75, 3.05) is 6.54 Å². The molecular weight excluding hydrogens is 300 g/mol. The first kappa shape index (κ1) is 15.0. The van der Waals surface area contributed by atoms with Gasteiger partial charge in [-0.3, -0.25) is 4.98 Å². The van der Waals surface area contributed by atoms with Crippen LogP contribution in [-0.2, 0) is 0 Å². The van der Waals surface area contributed by atoms with Crippen molar-refractivity contribution < 1.29 is 0 Å². The molecule has 1 aliphatic rings. The molecule has 0 aromatic carbocycles. The van der Waals surface area contributed by atoms with Gasteiger partial charge in [0.1, 0.15) is 0 Å². The Kier molecular flexibility index (Phi) is 6.32. The molecule has 0 saturated heterocycles. The molecule has 1 aromatic heterocycles. The van der Waals surface area contributed by atoms with Crippen molar-refractivity contribution in [2.45, 2.75) is 57.9 Å². The second kappa shape index (κ2) is 8.01. The van der Waals surface area contributed by atoms with Crippen LogP contribution in [0, 0.1) is 5.92 Å². The van der Waals surface area contributed by atoms with E-state index in [1.165, 1.54) is 50.5 Å². The summed E-state index contributed by atoms with van der Waals surface area (Å²) in [6, 6.07) is 2.68. The van der Waals surface area contributed by atoms with Crippen LogP contribution in [0.1, 0.15) is 63.5 Å². The van der Waals surface area contributed by atoms with E-state index >= 15 is 0 Å². The summed E-state index contributed by atoms with van der Waals surface area (Å²) in [7, 11) is 0. The van der Waals surface area contributed by atoms with Gasteiger partial charge in [-0.25, -0.2) is 0 Å². The normalized spacial score (nSPS) is 18.4. The number of nitrogens with one attached hydrogen (secondary N) is 1. The monoisotopic (exact) mass is 324 g/mol. The fourth-order valence-electron chi connectivity index (χ4n) is 3.03. The average Bonchev–Trinajstić information content (AvgIpc) is 2.44. The number of halogens is 1. The van der Waals surface area contributed by atoms with E-state index in [0.29, 0.717) is 6.04 Å². The Hall–Kier alpha value is -0.410. The lowest BCUT2D eigenvalue weighted by Crippen LogP contribution is -2.25. The Balaban J connectivity index is 2.01. The second-order valence-corrected chi connectivity index (χ2v) is 6.60. The zero-order valence-electron chi connectivity index (χ0n) is 11.9. The lowest BCUT2D eigenvalue weighted by molar-refractivity contribution is 0.299. The van der Waals surface area contributed by atoms with E-state index in [0.717, 1.165) is 16.9 Å². The highest BCUT2D eigenvalue weighted by molar-refractivity contribution is 9.10. The number of hydrogen-bond donors (Lipinski definition) is 1. The Morgan fingerprint density at radius 3 is 2.79 bits per heavy atom. The molecule has 1 saturated carbocycles. The molecule has 0 radical (unpaired) electrons. The van der Waals surface area contributed by atoms with Crippen molar-refractivity contribution in [3.8, 4) is 0 Å². The first-order valence-corrected chi connectivity index (χ1v) is 8.42. The number of hydrogen-bond acceptors (Lipinski definition) is 2. The van der Waals surface area contributed by atoms with Gasteiger partial charge in [-0.15, -0.1) is 0 Å². The predicted molar refractivity (Wildman–Crippen MR) is 84.2 cm³/mol. The lowest BCUT2D eigenvalue weighted by atomic mass is 9.83. The zero-order chi connectivity index (χ0) is 13.5. The molecule has 0 amide bonds. The van der Waals surface area contributed by atoms with E-state index in [2.05, 4.69) is 39.2 Å². The smallest absolute Gasteiger partial charge is 0.0410 e. The van der Waals surface area contributed by atoms with Crippen LogP contribution in [0.25, 0.3) is 0 Å². The molecule has 1 unspecified atom stereocenters. The minimum absolute atomic E-state index is 0.466. The third kappa shape index (κ3) is 4.88. The van der Waals surface area contributed by atoms with E-state index in [1.54, 1.807) is 0 Å². The van der Waals surface area contributed by atoms with Gasteiger partial charge in [0.25, 0.3) is 0 Å². The maximum absolute atomic E-state index is 4.32. The SMILES string of the molecule is CCCNC(CC1CCCCC1)c1cncc(Br)c1. The minimum Gasteiger partial charge on any atom is -0.310 e. The van der Waals surface area contributed by atoms with Crippen molar-refractivity contribution in [1.82, 2.24) is 10.3 Å². The summed E-state index contributed by atoms with van der Waals surface area (Å²) < 4.78 is 1.08. The van der Waals surface area contributed by atoms with Gasteiger partial charge >= 0.3 is 0 Å². The molecular formula is C16H25BrN2. The van der Waals surface area contributed by atoms with Gasteiger partial charge in [-0.05, 0) is 52.9 Å². The standard InChI is InChI=1S/C16H25BrN2/c1-2-8-19-16(9-13-6-4-3-5-7-13)14-10-15(17)12-18-11-14/h10-13,16,19H,2-9H2,1H3. The van der Waals surface area contributed by atoms with Crippen LogP contribution in [0.5, 0.6) is 0 Å². The summed E-state index contributed by atoms with van der Waals surface area (Å²) in [6.45, 7) is 3.31. The summed E-state index contributed by atoms with van der Waals surface area (Å²) in [6.07, 6.45) is 13.4. The average molecular weight is 325 g/mol. The van der Waals surface area contributed by atoms with E-state index in [1.807, 2.05) is 12.4 Å². The third-order valence-corrected chi connectivity index (χ3v) is 4.50. The maximum Gasteiger partial charge on any atom is 0.0410 e. The molecule has 1 atom stereocenters. The van der Waals surface area contributed by atoms with E-state index < -0.39 is 0 Å². The Bertz CT molecular complexity index is 375. The highest BCUT2D eigenvalue weighted by Crippen LogP contribution is 2.32. The van der Waals surface area contributed by atoms with Crippen LogP contribution in [0.4, 0.5) is 0 Å². The van der Waals surface area contributed by atoms with Gasteiger partial charge < -0.3 is 5.32 Å². The van der Waals surface area contributed by atoms with Crippen LogP contribution in [0.15, 0.2) is 22.9 Å². The number of nitrogens with zero attached hydrogens (tertiary/aromatic N) is 1. The molecule has 1 aromatic rings. The van der Waals surface area contributed by atoms with E-state index in [-0.39, 0.29) is 0 Å². The van der Waals surface area contributed by atoms with E-state index in [9.17, 15) is 0 Å². The van der Waals surface area contributed by atoms with Gasteiger partial charge in [-0.2, -0.15) is 0 Å². The summed E-state index contributed by atoms with van der Waals surface area (Å²) in [4.78, 5) is 4.32. The van der Waals surface area contributed by atoms with Crippen molar-refractivity contribution >= 4 is 15.9 Å².